The van der Waals surface area contributed by atoms with Gasteiger partial charge in [0.15, 0.2) is 12.2 Å². The quantitative estimate of drug-likeness (QED) is 0.817. The predicted octanol–water partition coefficient (Wildman–Crippen LogP) is 2.69. The second-order valence-electron chi connectivity index (χ2n) is 6.64. The molecule has 0 saturated carbocycles. The fourth-order valence-corrected chi connectivity index (χ4v) is 3.93. The number of benzene rings is 1. The molecule has 3 amide bonds. The highest BCUT2D eigenvalue weighted by Gasteiger charge is 2.54. The Morgan fingerprint density at radius 2 is 1.96 bits per heavy atom. The van der Waals surface area contributed by atoms with Crippen molar-refractivity contribution in [1.29, 1.82) is 0 Å². The zero-order chi connectivity index (χ0) is 18.6. The molecule has 1 saturated heterocycles. The van der Waals surface area contributed by atoms with Crippen molar-refractivity contribution >= 4 is 35.2 Å². The summed E-state index contributed by atoms with van der Waals surface area (Å²) in [7, 11) is 1.69. The van der Waals surface area contributed by atoms with E-state index in [0.717, 1.165) is 17.8 Å². The van der Waals surface area contributed by atoms with Crippen molar-refractivity contribution in [3.63, 3.8) is 0 Å². The number of para-hydroxylation sites is 1. The first-order valence-corrected chi connectivity index (χ1v) is 9.01. The van der Waals surface area contributed by atoms with Gasteiger partial charge in [-0.3, -0.25) is 14.6 Å². The second-order valence-corrected chi connectivity index (χ2v) is 7.04. The van der Waals surface area contributed by atoms with E-state index in [2.05, 4.69) is 0 Å². The van der Waals surface area contributed by atoms with Gasteiger partial charge in [-0.2, -0.15) is 0 Å². The minimum atomic E-state index is -0.540. The number of halogens is 1. The van der Waals surface area contributed by atoms with Gasteiger partial charge in [0.25, 0.3) is 5.91 Å². The zero-order valence-corrected chi connectivity index (χ0v) is 15.6. The van der Waals surface area contributed by atoms with Crippen molar-refractivity contribution in [2.75, 3.05) is 18.5 Å². The fourth-order valence-electron chi connectivity index (χ4n) is 3.71. The Morgan fingerprint density at radius 3 is 2.65 bits per heavy atom. The van der Waals surface area contributed by atoms with Gasteiger partial charge in [0, 0.05) is 25.5 Å². The smallest absolute Gasteiger partial charge is 0.302 e. The SMILES string of the molecule is CCCN1C(=O)C2C(N=C3N(c4ccccc4Cl)C(C)=CN32)N(C)C1=O. The van der Waals surface area contributed by atoms with E-state index in [4.69, 9.17) is 16.6 Å². The average Bonchev–Trinajstić information content (AvgIpc) is 3.12. The van der Waals surface area contributed by atoms with Crippen LogP contribution in [0.1, 0.15) is 20.3 Å². The molecule has 26 heavy (non-hydrogen) atoms. The molecule has 7 nitrogen and oxygen atoms in total. The summed E-state index contributed by atoms with van der Waals surface area (Å²) in [5.74, 6) is 0.417. The van der Waals surface area contributed by atoms with Gasteiger partial charge in [-0.15, -0.1) is 0 Å². The van der Waals surface area contributed by atoms with Gasteiger partial charge >= 0.3 is 6.03 Å². The third-order valence-electron chi connectivity index (χ3n) is 4.93. The summed E-state index contributed by atoms with van der Waals surface area (Å²) in [4.78, 5) is 36.9. The number of urea groups is 1. The number of hydrogen-bond acceptors (Lipinski definition) is 5. The van der Waals surface area contributed by atoms with Gasteiger partial charge in [0.05, 0.1) is 10.7 Å². The van der Waals surface area contributed by atoms with Crippen LogP contribution in [0.2, 0.25) is 5.02 Å². The van der Waals surface area contributed by atoms with Gasteiger partial charge in [0.2, 0.25) is 5.96 Å². The Balaban J connectivity index is 1.75. The molecular formula is C18H20ClN5O2. The molecule has 0 spiro atoms. The molecule has 0 N–H and O–H groups in total. The standard InChI is InChI=1S/C18H20ClN5O2/c1-4-9-22-16(25)14-15(21(3)18(22)26)20-17-23(14)10-11(2)24(17)13-8-6-5-7-12(13)19/h5-8,10,14-15H,4,9H2,1-3H3. The van der Waals surface area contributed by atoms with E-state index < -0.39 is 12.2 Å². The second kappa shape index (κ2) is 6.02. The van der Waals surface area contributed by atoms with Gasteiger partial charge in [0.1, 0.15) is 0 Å². The molecule has 1 aromatic rings. The van der Waals surface area contributed by atoms with E-state index in [1.54, 1.807) is 11.9 Å². The highest BCUT2D eigenvalue weighted by molar-refractivity contribution is 6.34. The Kier molecular flexibility index (Phi) is 3.91. The third-order valence-corrected chi connectivity index (χ3v) is 5.25. The highest BCUT2D eigenvalue weighted by Crippen LogP contribution is 2.38. The number of carbonyl (C=O) groups excluding carboxylic acids is 2. The van der Waals surface area contributed by atoms with Crippen LogP contribution in [0, 0.1) is 0 Å². The molecule has 8 heteroatoms. The monoisotopic (exact) mass is 373 g/mol. The molecule has 136 valence electrons. The third kappa shape index (κ3) is 2.23. The predicted molar refractivity (Wildman–Crippen MR) is 99.7 cm³/mol. The van der Waals surface area contributed by atoms with Crippen LogP contribution in [0.3, 0.4) is 0 Å². The zero-order valence-electron chi connectivity index (χ0n) is 14.9. The molecule has 1 aromatic carbocycles. The molecule has 3 aliphatic rings. The number of rotatable bonds is 3. The van der Waals surface area contributed by atoms with Crippen molar-refractivity contribution in [3.8, 4) is 0 Å². The lowest BCUT2D eigenvalue weighted by atomic mass is 10.1. The number of carbonyl (C=O) groups is 2. The lowest BCUT2D eigenvalue weighted by molar-refractivity contribution is -0.136. The van der Waals surface area contributed by atoms with Crippen molar-refractivity contribution < 1.29 is 9.59 Å². The van der Waals surface area contributed by atoms with Gasteiger partial charge < -0.3 is 9.80 Å². The van der Waals surface area contributed by atoms with Crippen LogP contribution in [0.4, 0.5) is 10.5 Å². The molecule has 2 atom stereocenters. The van der Waals surface area contributed by atoms with Crippen LogP contribution in [-0.4, -0.2) is 58.4 Å². The van der Waals surface area contributed by atoms with Crippen LogP contribution in [0.15, 0.2) is 41.2 Å². The van der Waals surface area contributed by atoms with E-state index in [1.807, 2.05) is 54.1 Å². The number of nitrogens with zero attached hydrogens (tertiary/aromatic N) is 5. The Hall–Kier alpha value is -2.54. The number of allylic oxidation sites excluding steroid dienone is 1. The number of guanidine groups is 1. The summed E-state index contributed by atoms with van der Waals surface area (Å²) in [6.45, 7) is 4.30. The normalized spacial score (nSPS) is 24.8. The number of hydrogen-bond donors (Lipinski definition) is 0. The van der Waals surface area contributed by atoms with Crippen molar-refractivity contribution in [2.24, 2.45) is 4.99 Å². The molecule has 4 rings (SSSR count). The van der Waals surface area contributed by atoms with Crippen molar-refractivity contribution in [3.05, 3.63) is 41.2 Å². The summed E-state index contributed by atoms with van der Waals surface area (Å²) in [5, 5.41) is 0.600. The van der Waals surface area contributed by atoms with Crippen LogP contribution in [-0.2, 0) is 4.79 Å². The number of anilines is 1. The van der Waals surface area contributed by atoms with Crippen LogP contribution < -0.4 is 4.90 Å². The number of fused-ring (bicyclic) bond motifs is 3. The lowest BCUT2D eigenvalue weighted by Gasteiger charge is -2.40. The summed E-state index contributed by atoms with van der Waals surface area (Å²) >= 11 is 6.38. The maximum absolute atomic E-state index is 13.0. The largest absolute Gasteiger partial charge is 0.328 e. The van der Waals surface area contributed by atoms with Crippen LogP contribution in [0.5, 0.6) is 0 Å². The summed E-state index contributed by atoms with van der Waals surface area (Å²) in [6, 6.07) is 6.67. The Bertz CT molecular complexity index is 852. The topological polar surface area (TPSA) is 59.5 Å². The molecule has 3 heterocycles. The minimum Gasteiger partial charge on any atom is -0.302 e. The van der Waals surface area contributed by atoms with Crippen molar-refractivity contribution in [1.82, 2.24) is 14.7 Å². The molecule has 1 fully saturated rings. The van der Waals surface area contributed by atoms with Gasteiger partial charge in [-0.05, 0) is 25.5 Å². The number of likely N-dealkylation sites (N-methyl/N-ethyl adjacent to an activating group) is 1. The molecular weight excluding hydrogens is 354 g/mol. The van der Waals surface area contributed by atoms with Crippen LogP contribution in [0.25, 0.3) is 0 Å². The maximum Gasteiger partial charge on any atom is 0.328 e. The molecule has 2 unspecified atom stereocenters. The first kappa shape index (κ1) is 16.9. The first-order chi connectivity index (χ1) is 12.5. The van der Waals surface area contributed by atoms with E-state index in [-0.39, 0.29) is 11.9 Å². The van der Waals surface area contributed by atoms with Gasteiger partial charge in [-0.25, -0.2) is 9.79 Å². The molecule has 0 radical (unpaired) electrons. The first-order valence-electron chi connectivity index (χ1n) is 8.63. The lowest BCUT2D eigenvalue weighted by Crippen LogP contribution is -2.64. The van der Waals surface area contributed by atoms with E-state index in [0.29, 0.717) is 17.5 Å². The fraction of sp³-hybridized carbons (Fsp3) is 0.389. The Labute approximate surface area is 157 Å². The van der Waals surface area contributed by atoms with Crippen molar-refractivity contribution in [2.45, 2.75) is 32.5 Å². The number of amides is 3. The minimum absolute atomic E-state index is 0.205. The average molecular weight is 374 g/mol. The summed E-state index contributed by atoms with van der Waals surface area (Å²) in [6.07, 6.45) is 2.09. The Morgan fingerprint density at radius 1 is 1.23 bits per heavy atom. The number of aliphatic imine (C=N–C) groups is 1. The van der Waals surface area contributed by atoms with E-state index >= 15 is 0 Å². The molecule has 0 bridgehead atoms. The highest BCUT2D eigenvalue weighted by atomic mass is 35.5. The van der Waals surface area contributed by atoms with Gasteiger partial charge in [-0.1, -0.05) is 30.7 Å². The summed E-state index contributed by atoms with van der Waals surface area (Å²) in [5.41, 5.74) is 1.72. The molecule has 3 aliphatic heterocycles. The van der Waals surface area contributed by atoms with Crippen LogP contribution >= 0.6 is 11.6 Å². The molecule has 0 aromatic heterocycles. The van der Waals surface area contributed by atoms with E-state index in [1.165, 1.54) is 4.90 Å². The molecule has 0 aliphatic carbocycles. The summed E-state index contributed by atoms with van der Waals surface area (Å²) < 4.78 is 0. The number of imide groups is 1. The van der Waals surface area contributed by atoms with E-state index in [9.17, 15) is 9.59 Å². The maximum atomic E-state index is 13.0.